The lowest BCUT2D eigenvalue weighted by molar-refractivity contribution is -0.152. The van der Waals surface area contributed by atoms with E-state index in [-0.39, 0.29) is 30.8 Å². The van der Waals surface area contributed by atoms with Gasteiger partial charge < -0.3 is 14.7 Å². The lowest BCUT2D eigenvalue weighted by Crippen LogP contribution is -2.63. The van der Waals surface area contributed by atoms with Gasteiger partial charge in [0.2, 0.25) is 5.91 Å². The third kappa shape index (κ3) is 5.32. The van der Waals surface area contributed by atoms with E-state index in [2.05, 4.69) is 16.7 Å². The second kappa shape index (κ2) is 9.66. The topological polar surface area (TPSA) is 43.9 Å². The molecule has 3 rings (SSSR count). The molecule has 160 valence electrons. The highest BCUT2D eigenvalue weighted by Crippen LogP contribution is 2.35. The van der Waals surface area contributed by atoms with Gasteiger partial charge in [0.1, 0.15) is 11.5 Å². The molecule has 28 heavy (non-hydrogen) atoms. The molecular weight excluding hydrogens is 357 g/mol. The van der Waals surface area contributed by atoms with Gasteiger partial charge in [-0.2, -0.15) is 0 Å². The molecule has 6 heteroatoms. The molecule has 0 bridgehead atoms. The summed E-state index contributed by atoms with van der Waals surface area (Å²) in [6.45, 7) is 10.8. The lowest BCUT2D eigenvalue weighted by Gasteiger charge is -2.47. The van der Waals surface area contributed by atoms with Crippen molar-refractivity contribution in [2.75, 3.05) is 52.4 Å². The number of nitrogens with zero attached hydrogens (tertiary/aromatic N) is 3. The Hall–Kier alpha value is -1.01. The first-order valence-electron chi connectivity index (χ1n) is 11.4. The minimum Gasteiger partial charge on any atom is -0.336 e. The van der Waals surface area contributed by atoms with Crippen LogP contribution in [0.2, 0.25) is 0 Å². The van der Waals surface area contributed by atoms with Crippen molar-refractivity contribution in [3.8, 4) is 0 Å². The number of ketones is 1. The number of Topliss-reactive ketones (excluding diaryl/α,β-unsaturated/α-hetero) is 1. The zero-order valence-electron chi connectivity index (χ0n) is 17.8. The predicted molar refractivity (Wildman–Crippen MR) is 109 cm³/mol. The molecule has 2 aliphatic heterocycles. The highest BCUT2D eigenvalue weighted by atomic mass is 19.1. The third-order valence-corrected chi connectivity index (χ3v) is 7.02. The van der Waals surface area contributed by atoms with Crippen molar-refractivity contribution < 1.29 is 14.0 Å². The van der Waals surface area contributed by atoms with Gasteiger partial charge in [-0.15, -0.1) is 0 Å². The molecule has 0 aromatic carbocycles. The van der Waals surface area contributed by atoms with E-state index in [0.29, 0.717) is 18.6 Å². The summed E-state index contributed by atoms with van der Waals surface area (Å²) >= 11 is 0. The van der Waals surface area contributed by atoms with Crippen LogP contribution in [0.5, 0.6) is 0 Å². The Bertz CT molecular complexity index is 534. The van der Waals surface area contributed by atoms with Crippen LogP contribution in [0.4, 0.5) is 4.39 Å². The Morgan fingerprint density at radius 3 is 1.96 bits per heavy atom. The molecule has 1 saturated carbocycles. The summed E-state index contributed by atoms with van der Waals surface area (Å²) in [5.41, 5.74) is -1.20. The summed E-state index contributed by atoms with van der Waals surface area (Å²) < 4.78 is 15.0. The van der Waals surface area contributed by atoms with Crippen LogP contribution >= 0.6 is 0 Å². The summed E-state index contributed by atoms with van der Waals surface area (Å²) in [7, 11) is 0. The standard InChI is InChI=1S/C22H38FN3O2/c1-3-10-24-12-14-25(15-13-24)11-9-22(23)16-26(17-22)21(28)19-7-5-18(6-8-19)20(27)4-2/h18-19H,3-17H2,1-2H3. The number of piperazine rings is 1. The van der Waals surface area contributed by atoms with Gasteiger partial charge in [0.25, 0.3) is 0 Å². The molecular formula is C22H38FN3O2. The van der Waals surface area contributed by atoms with Crippen LogP contribution in [-0.4, -0.2) is 84.4 Å². The van der Waals surface area contributed by atoms with Crippen molar-refractivity contribution in [1.29, 1.82) is 0 Å². The largest absolute Gasteiger partial charge is 0.336 e. The molecule has 0 N–H and O–H groups in total. The average molecular weight is 396 g/mol. The maximum atomic E-state index is 15.0. The number of alkyl halides is 1. The predicted octanol–water partition coefficient (Wildman–Crippen LogP) is 2.74. The zero-order chi connectivity index (χ0) is 20.1. The van der Waals surface area contributed by atoms with Crippen molar-refractivity contribution in [1.82, 2.24) is 14.7 Å². The molecule has 0 unspecified atom stereocenters. The van der Waals surface area contributed by atoms with Gasteiger partial charge >= 0.3 is 0 Å². The minimum atomic E-state index is -1.20. The number of likely N-dealkylation sites (tertiary alicyclic amines) is 1. The molecule has 1 aliphatic carbocycles. The van der Waals surface area contributed by atoms with Crippen molar-refractivity contribution in [2.45, 2.75) is 64.5 Å². The molecule has 3 aliphatic rings. The van der Waals surface area contributed by atoms with Gasteiger partial charge in [0.05, 0.1) is 13.1 Å². The summed E-state index contributed by atoms with van der Waals surface area (Å²) in [6.07, 6.45) is 5.52. The molecule has 0 aromatic heterocycles. The Balaban J connectivity index is 1.34. The number of halogens is 1. The molecule has 0 radical (unpaired) electrons. The van der Waals surface area contributed by atoms with Gasteiger partial charge in [-0.1, -0.05) is 13.8 Å². The molecule has 2 heterocycles. The van der Waals surface area contributed by atoms with Crippen molar-refractivity contribution in [3.05, 3.63) is 0 Å². The van der Waals surface area contributed by atoms with E-state index in [1.54, 1.807) is 4.90 Å². The molecule has 5 nitrogen and oxygen atoms in total. The summed E-state index contributed by atoms with van der Waals surface area (Å²) in [4.78, 5) is 31.1. The first kappa shape index (κ1) is 21.7. The molecule has 3 fully saturated rings. The Morgan fingerprint density at radius 1 is 0.893 bits per heavy atom. The van der Waals surface area contributed by atoms with Gasteiger partial charge in [-0.25, -0.2) is 4.39 Å². The normalized spacial score (nSPS) is 28.8. The fourth-order valence-electron chi connectivity index (χ4n) is 5.07. The highest BCUT2D eigenvalue weighted by molar-refractivity contribution is 5.82. The van der Waals surface area contributed by atoms with E-state index in [0.717, 1.165) is 65.0 Å². The third-order valence-electron chi connectivity index (χ3n) is 7.02. The first-order valence-corrected chi connectivity index (χ1v) is 11.4. The Kier molecular flexibility index (Phi) is 7.48. The highest BCUT2D eigenvalue weighted by Gasteiger charge is 2.47. The quantitative estimate of drug-likeness (QED) is 0.634. The lowest BCUT2D eigenvalue weighted by atomic mass is 9.78. The number of carbonyl (C=O) groups is 2. The second-order valence-corrected chi connectivity index (χ2v) is 9.15. The fraction of sp³-hybridized carbons (Fsp3) is 0.909. The molecule has 2 saturated heterocycles. The van der Waals surface area contributed by atoms with Crippen molar-refractivity contribution in [2.24, 2.45) is 11.8 Å². The van der Waals surface area contributed by atoms with Crippen LogP contribution in [0, 0.1) is 11.8 Å². The molecule has 0 spiro atoms. The van der Waals surface area contributed by atoms with Crippen LogP contribution in [0.15, 0.2) is 0 Å². The number of amides is 1. The van der Waals surface area contributed by atoms with E-state index in [9.17, 15) is 14.0 Å². The van der Waals surface area contributed by atoms with Gasteiger partial charge in [-0.05, 0) is 45.1 Å². The number of rotatable bonds is 8. The van der Waals surface area contributed by atoms with Crippen LogP contribution in [0.3, 0.4) is 0 Å². The molecule has 0 aromatic rings. The van der Waals surface area contributed by atoms with Crippen molar-refractivity contribution in [3.63, 3.8) is 0 Å². The molecule has 1 amide bonds. The van der Waals surface area contributed by atoms with Gasteiger partial charge in [0, 0.05) is 51.0 Å². The van der Waals surface area contributed by atoms with Crippen LogP contribution in [0.25, 0.3) is 0 Å². The summed E-state index contributed by atoms with van der Waals surface area (Å²) in [5.74, 6) is 0.581. The Labute approximate surface area is 169 Å². The number of carbonyl (C=O) groups excluding carboxylic acids is 2. The fourth-order valence-corrected chi connectivity index (χ4v) is 5.07. The SMILES string of the molecule is CCCN1CCN(CCC2(F)CN(C(=O)C3CCC(C(=O)CC)CC3)C2)CC1. The monoisotopic (exact) mass is 395 g/mol. The maximum absolute atomic E-state index is 15.0. The van der Waals surface area contributed by atoms with E-state index < -0.39 is 5.67 Å². The van der Waals surface area contributed by atoms with Crippen LogP contribution < -0.4 is 0 Å². The number of hydrogen-bond donors (Lipinski definition) is 0. The average Bonchev–Trinajstić information content (AvgIpc) is 2.70. The Morgan fingerprint density at radius 2 is 1.43 bits per heavy atom. The zero-order valence-corrected chi connectivity index (χ0v) is 17.8. The maximum Gasteiger partial charge on any atom is 0.225 e. The van der Waals surface area contributed by atoms with Gasteiger partial charge in [0.15, 0.2) is 0 Å². The van der Waals surface area contributed by atoms with Crippen LogP contribution in [0.1, 0.15) is 58.8 Å². The van der Waals surface area contributed by atoms with E-state index in [1.165, 1.54) is 6.42 Å². The minimum absolute atomic E-state index is 0.00269. The van der Waals surface area contributed by atoms with E-state index >= 15 is 0 Å². The molecule has 0 atom stereocenters. The van der Waals surface area contributed by atoms with E-state index in [1.807, 2.05) is 6.92 Å². The second-order valence-electron chi connectivity index (χ2n) is 9.15. The summed E-state index contributed by atoms with van der Waals surface area (Å²) in [6, 6.07) is 0. The van der Waals surface area contributed by atoms with E-state index in [4.69, 9.17) is 0 Å². The smallest absolute Gasteiger partial charge is 0.225 e. The first-order chi connectivity index (χ1) is 13.4. The van der Waals surface area contributed by atoms with Crippen LogP contribution in [-0.2, 0) is 9.59 Å². The van der Waals surface area contributed by atoms with Crippen molar-refractivity contribution >= 4 is 11.7 Å². The summed E-state index contributed by atoms with van der Waals surface area (Å²) in [5, 5.41) is 0. The number of hydrogen-bond acceptors (Lipinski definition) is 4. The van der Waals surface area contributed by atoms with Gasteiger partial charge in [-0.3, -0.25) is 9.59 Å².